The van der Waals surface area contributed by atoms with Crippen molar-refractivity contribution < 1.29 is 4.74 Å². The third kappa shape index (κ3) is 2.03. The summed E-state index contributed by atoms with van der Waals surface area (Å²) in [6, 6.07) is 5.27. The number of pyridine rings is 1. The molecular formula is C13H16N2O2. The van der Waals surface area contributed by atoms with Crippen LogP contribution in [0.5, 0.6) is 5.75 Å². The van der Waals surface area contributed by atoms with Crippen molar-refractivity contribution in [3.05, 3.63) is 40.2 Å². The number of nitrogens with two attached hydrogens (primary N) is 1. The molecule has 1 aromatic heterocycles. The zero-order valence-electron chi connectivity index (χ0n) is 10.1. The normalized spacial score (nSPS) is 10.8. The van der Waals surface area contributed by atoms with E-state index < -0.39 is 0 Å². The molecule has 2 aromatic rings. The summed E-state index contributed by atoms with van der Waals surface area (Å²) in [4.78, 5) is 11.9. The van der Waals surface area contributed by atoms with Crippen LogP contribution in [0.4, 0.5) is 0 Å². The fourth-order valence-electron chi connectivity index (χ4n) is 2.08. The average molecular weight is 232 g/mol. The second-order valence-corrected chi connectivity index (χ2v) is 4.00. The van der Waals surface area contributed by atoms with Crippen LogP contribution in [0, 0.1) is 6.92 Å². The molecule has 90 valence electrons. The number of aryl methyl sites for hydroxylation is 1. The summed E-state index contributed by atoms with van der Waals surface area (Å²) in [5.41, 5.74) is 7.53. The Balaban J connectivity index is 2.82. The van der Waals surface area contributed by atoms with Crippen LogP contribution in [0.15, 0.2) is 29.2 Å². The lowest BCUT2D eigenvalue weighted by molar-refractivity contribution is 0.415. The zero-order valence-corrected chi connectivity index (χ0v) is 10.1. The first-order valence-corrected chi connectivity index (χ1v) is 5.55. The van der Waals surface area contributed by atoms with Crippen LogP contribution in [0.2, 0.25) is 0 Å². The van der Waals surface area contributed by atoms with Gasteiger partial charge in [-0.25, -0.2) is 0 Å². The Bertz CT molecular complexity index is 602. The van der Waals surface area contributed by atoms with Gasteiger partial charge in [-0.15, -0.1) is 0 Å². The van der Waals surface area contributed by atoms with Crippen LogP contribution < -0.4 is 15.9 Å². The number of hydrogen-bond donors (Lipinski definition) is 1. The molecule has 0 fully saturated rings. The highest BCUT2D eigenvalue weighted by molar-refractivity contribution is 5.83. The van der Waals surface area contributed by atoms with Crippen LogP contribution in [0.3, 0.4) is 0 Å². The molecule has 1 heterocycles. The lowest BCUT2D eigenvalue weighted by Crippen LogP contribution is -2.14. The number of aromatic nitrogens is 1. The molecule has 0 aliphatic carbocycles. The first kappa shape index (κ1) is 11.7. The highest BCUT2D eigenvalue weighted by Gasteiger charge is 2.07. The standard InChI is InChI=1S/C13H16N2O2/c1-9-7-10(17-2)8-11-12(16)3-5-15(6-4-14)13(9)11/h3,5,7-8H,4,6,14H2,1-2H3. The van der Waals surface area contributed by atoms with Crippen molar-refractivity contribution in [1.29, 1.82) is 0 Å². The van der Waals surface area contributed by atoms with E-state index in [1.165, 1.54) is 0 Å². The minimum atomic E-state index is 0.00951. The summed E-state index contributed by atoms with van der Waals surface area (Å²) >= 11 is 0. The van der Waals surface area contributed by atoms with E-state index in [4.69, 9.17) is 10.5 Å². The van der Waals surface area contributed by atoms with Gasteiger partial charge in [-0.1, -0.05) is 0 Å². The fourth-order valence-corrected chi connectivity index (χ4v) is 2.08. The third-order valence-corrected chi connectivity index (χ3v) is 2.84. The molecule has 0 saturated heterocycles. The number of nitrogens with zero attached hydrogens (tertiary/aromatic N) is 1. The summed E-state index contributed by atoms with van der Waals surface area (Å²) in [5.74, 6) is 0.706. The minimum absolute atomic E-state index is 0.00951. The molecule has 17 heavy (non-hydrogen) atoms. The Morgan fingerprint density at radius 1 is 1.41 bits per heavy atom. The predicted molar refractivity (Wildman–Crippen MR) is 68.6 cm³/mol. The third-order valence-electron chi connectivity index (χ3n) is 2.84. The van der Waals surface area contributed by atoms with Gasteiger partial charge in [0.2, 0.25) is 0 Å². The monoisotopic (exact) mass is 232 g/mol. The molecule has 0 atom stereocenters. The summed E-state index contributed by atoms with van der Waals surface area (Å²) in [7, 11) is 1.60. The lowest BCUT2D eigenvalue weighted by Gasteiger charge is -2.13. The zero-order chi connectivity index (χ0) is 12.4. The topological polar surface area (TPSA) is 57.2 Å². The molecule has 0 unspecified atom stereocenters. The van der Waals surface area contributed by atoms with Crippen molar-refractivity contribution >= 4 is 10.9 Å². The second-order valence-electron chi connectivity index (χ2n) is 4.00. The number of benzene rings is 1. The summed E-state index contributed by atoms with van der Waals surface area (Å²) < 4.78 is 7.19. The highest BCUT2D eigenvalue weighted by atomic mass is 16.5. The molecule has 0 aliphatic heterocycles. The predicted octanol–water partition coefficient (Wildman–Crippen LogP) is 1.28. The molecule has 0 bridgehead atoms. The van der Waals surface area contributed by atoms with Crippen LogP contribution in [0.1, 0.15) is 5.56 Å². The first-order chi connectivity index (χ1) is 8.17. The Morgan fingerprint density at radius 3 is 2.82 bits per heavy atom. The molecule has 0 spiro atoms. The van der Waals surface area contributed by atoms with Crippen molar-refractivity contribution in [2.24, 2.45) is 5.73 Å². The van der Waals surface area contributed by atoms with Gasteiger partial charge in [0.15, 0.2) is 5.43 Å². The van der Waals surface area contributed by atoms with Crippen LogP contribution in [-0.4, -0.2) is 18.2 Å². The Morgan fingerprint density at radius 2 is 2.18 bits per heavy atom. The smallest absolute Gasteiger partial charge is 0.189 e. The largest absolute Gasteiger partial charge is 0.497 e. The minimum Gasteiger partial charge on any atom is -0.497 e. The van der Waals surface area contributed by atoms with Crippen molar-refractivity contribution in [3.63, 3.8) is 0 Å². The van der Waals surface area contributed by atoms with Crippen LogP contribution in [0.25, 0.3) is 10.9 Å². The van der Waals surface area contributed by atoms with E-state index in [0.29, 0.717) is 24.2 Å². The molecule has 0 aliphatic rings. The molecule has 1 aromatic carbocycles. The molecule has 4 nitrogen and oxygen atoms in total. The number of methoxy groups -OCH3 is 1. The van der Waals surface area contributed by atoms with Gasteiger partial charge in [0, 0.05) is 30.7 Å². The molecule has 2 rings (SSSR count). The van der Waals surface area contributed by atoms with E-state index in [9.17, 15) is 4.79 Å². The second kappa shape index (κ2) is 4.59. The summed E-state index contributed by atoms with van der Waals surface area (Å²) in [6.07, 6.45) is 1.79. The van der Waals surface area contributed by atoms with Gasteiger partial charge in [0.1, 0.15) is 5.75 Å². The van der Waals surface area contributed by atoms with Crippen LogP contribution in [-0.2, 0) is 6.54 Å². The van der Waals surface area contributed by atoms with Crippen molar-refractivity contribution in [1.82, 2.24) is 4.57 Å². The highest BCUT2D eigenvalue weighted by Crippen LogP contribution is 2.22. The van der Waals surface area contributed by atoms with Gasteiger partial charge >= 0.3 is 0 Å². The lowest BCUT2D eigenvalue weighted by atomic mass is 10.1. The van der Waals surface area contributed by atoms with Crippen molar-refractivity contribution in [3.8, 4) is 5.75 Å². The molecule has 2 N–H and O–H groups in total. The molecule has 0 radical (unpaired) electrons. The van der Waals surface area contributed by atoms with Gasteiger partial charge in [0.05, 0.1) is 12.6 Å². The Hall–Kier alpha value is -1.81. The Kier molecular flexibility index (Phi) is 3.15. The van der Waals surface area contributed by atoms with E-state index in [1.807, 2.05) is 17.6 Å². The maximum Gasteiger partial charge on any atom is 0.189 e. The molecular weight excluding hydrogens is 216 g/mol. The maximum atomic E-state index is 11.9. The molecule has 4 heteroatoms. The van der Waals surface area contributed by atoms with Gasteiger partial charge < -0.3 is 15.0 Å². The number of hydrogen-bond acceptors (Lipinski definition) is 3. The summed E-state index contributed by atoms with van der Waals surface area (Å²) in [6.45, 7) is 3.21. The SMILES string of the molecule is COc1cc(C)c2c(c1)c(=O)ccn2CCN. The van der Waals surface area contributed by atoms with Gasteiger partial charge in [-0.2, -0.15) is 0 Å². The fraction of sp³-hybridized carbons (Fsp3) is 0.308. The van der Waals surface area contributed by atoms with Gasteiger partial charge in [-0.3, -0.25) is 4.79 Å². The molecule has 0 amide bonds. The number of rotatable bonds is 3. The Labute approximate surface area is 99.6 Å². The first-order valence-electron chi connectivity index (χ1n) is 5.55. The molecule has 0 saturated carbocycles. The number of ether oxygens (including phenoxy) is 1. The van der Waals surface area contributed by atoms with Gasteiger partial charge in [0.25, 0.3) is 0 Å². The quantitative estimate of drug-likeness (QED) is 0.867. The van der Waals surface area contributed by atoms with E-state index in [-0.39, 0.29) is 5.43 Å². The van der Waals surface area contributed by atoms with E-state index in [1.54, 1.807) is 25.4 Å². The maximum absolute atomic E-state index is 11.9. The summed E-state index contributed by atoms with van der Waals surface area (Å²) in [5, 5.41) is 0.679. The van der Waals surface area contributed by atoms with Gasteiger partial charge in [-0.05, 0) is 24.6 Å². The van der Waals surface area contributed by atoms with Crippen molar-refractivity contribution in [2.45, 2.75) is 13.5 Å². The number of fused-ring (bicyclic) bond motifs is 1. The van der Waals surface area contributed by atoms with Crippen molar-refractivity contribution in [2.75, 3.05) is 13.7 Å². The van der Waals surface area contributed by atoms with Crippen LogP contribution >= 0.6 is 0 Å². The van der Waals surface area contributed by atoms with E-state index in [2.05, 4.69) is 0 Å². The van der Waals surface area contributed by atoms with E-state index in [0.717, 1.165) is 11.1 Å². The van der Waals surface area contributed by atoms with E-state index >= 15 is 0 Å². The average Bonchev–Trinajstić information content (AvgIpc) is 2.32.